The van der Waals surface area contributed by atoms with E-state index in [0.29, 0.717) is 0 Å². The molecule has 2 nitrogen and oxygen atoms in total. The zero-order valence-electron chi connectivity index (χ0n) is 14.6. The second kappa shape index (κ2) is 6.30. The van der Waals surface area contributed by atoms with E-state index in [-0.39, 0.29) is 0 Å². The number of aliphatic imine (C=N–C) groups is 1. The molecular formula is C24H20N2. The van der Waals surface area contributed by atoms with Crippen molar-refractivity contribution in [1.29, 1.82) is 0 Å². The maximum Gasteiger partial charge on any atom is 0.132 e. The minimum absolute atomic E-state index is 0.965. The molecule has 1 saturated heterocycles. The molecule has 0 atom stereocenters. The van der Waals surface area contributed by atoms with Gasteiger partial charge in [0.2, 0.25) is 0 Å². The SMILES string of the molecule is C(=C1/CCN2Cc3ccccc3N=C12)/c1ccccc1-c1ccccc1. The lowest BCUT2D eigenvalue weighted by Crippen LogP contribution is -2.27. The Kier molecular flexibility index (Phi) is 3.67. The molecule has 5 rings (SSSR count). The molecule has 0 N–H and O–H groups in total. The van der Waals surface area contributed by atoms with Crippen molar-refractivity contribution in [3.63, 3.8) is 0 Å². The Labute approximate surface area is 154 Å². The zero-order valence-corrected chi connectivity index (χ0v) is 14.6. The van der Waals surface area contributed by atoms with Crippen LogP contribution in [0.2, 0.25) is 0 Å². The van der Waals surface area contributed by atoms with Gasteiger partial charge >= 0.3 is 0 Å². The van der Waals surface area contributed by atoms with Crippen molar-refractivity contribution in [3.8, 4) is 11.1 Å². The summed E-state index contributed by atoms with van der Waals surface area (Å²) in [6.07, 6.45) is 3.38. The first-order valence-corrected chi connectivity index (χ1v) is 9.15. The zero-order chi connectivity index (χ0) is 17.3. The van der Waals surface area contributed by atoms with Crippen LogP contribution in [-0.2, 0) is 6.54 Å². The minimum atomic E-state index is 0.965. The van der Waals surface area contributed by atoms with Gasteiger partial charge in [0.15, 0.2) is 0 Å². The minimum Gasteiger partial charge on any atom is -0.352 e. The van der Waals surface area contributed by atoms with Gasteiger partial charge in [-0.15, -0.1) is 0 Å². The van der Waals surface area contributed by atoms with E-state index in [0.717, 1.165) is 31.0 Å². The molecule has 0 spiro atoms. The van der Waals surface area contributed by atoms with Crippen LogP contribution in [0.3, 0.4) is 0 Å². The molecule has 3 aromatic carbocycles. The van der Waals surface area contributed by atoms with Crippen molar-refractivity contribution in [2.75, 3.05) is 6.54 Å². The van der Waals surface area contributed by atoms with Gasteiger partial charge in [-0.25, -0.2) is 4.99 Å². The van der Waals surface area contributed by atoms with Crippen LogP contribution in [0.25, 0.3) is 17.2 Å². The number of nitrogens with zero attached hydrogens (tertiary/aromatic N) is 2. The molecule has 26 heavy (non-hydrogen) atoms. The highest BCUT2D eigenvalue weighted by Crippen LogP contribution is 2.34. The molecule has 0 aromatic heterocycles. The molecule has 2 aliphatic rings. The van der Waals surface area contributed by atoms with E-state index in [9.17, 15) is 0 Å². The average molecular weight is 336 g/mol. The summed E-state index contributed by atoms with van der Waals surface area (Å²) in [6, 6.07) is 27.7. The second-order valence-electron chi connectivity index (χ2n) is 6.86. The fraction of sp³-hybridized carbons (Fsp3) is 0.125. The number of fused-ring (bicyclic) bond motifs is 2. The van der Waals surface area contributed by atoms with E-state index in [2.05, 4.69) is 89.8 Å². The molecule has 2 heterocycles. The van der Waals surface area contributed by atoms with Gasteiger partial charge < -0.3 is 4.90 Å². The smallest absolute Gasteiger partial charge is 0.132 e. The third kappa shape index (κ3) is 2.64. The predicted octanol–water partition coefficient (Wildman–Crippen LogP) is 5.69. The maximum atomic E-state index is 4.96. The van der Waals surface area contributed by atoms with Crippen molar-refractivity contribution in [2.45, 2.75) is 13.0 Å². The van der Waals surface area contributed by atoms with Crippen LogP contribution in [0.1, 0.15) is 17.5 Å². The van der Waals surface area contributed by atoms with Crippen molar-refractivity contribution < 1.29 is 0 Å². The highest BCUT2D eigenvalue weighted by Gasteiger charge is 2.28. The molecule has 0 bridgehead atoms. The van der Waals surface area contributed by atoms with Crippen LogP contribution >= 0.6 is 0 Å². The standard InChI is InChI=1S/C24H20N2/c1-2-8-18(9-3-1)22-12-6-4-10-19(22)16-20-14-15-26-17-21-11-5-7-13-23(21)25-24(20)26/h1-13,16H,14-15,17H2/b20-16+. The molecule has 126 valence electrons. The van der Waals surface area contributed by atoms with E-state index >= 15 is 0 Å². The van der Waals surface area contributed by atoms with Gasteiger partial charge in [-0.2, -0.15) is 0 Å². The van der Waals surface area contributed by atoms with Gasteiger partial charge in [0.05, 0.1) is 5.69 Å². The summed E-state index contributed by atoms with van der Waals surface area (Å²) in [5, 5.41) is 0. The Morgan fingerprint density at radius 2 is 1.58 bits per heavy atom. The number of hydrogen-bond acceptors (Lipinski definition) is 2. The van der Waals surface area contributed by atoms with Crippen LogP contribution in [0, 0.1) is 0 Å². The average Bonchev–Trinajstić information content (AvgIpc) is 3.09. The molecule has 0 amide bonds. The van der Waals surface area contributed by atoms with E-state index in [1.54, 1.807) is 0 Å². The largest absolute Gasteiger partial charge is 0.352 e. The first-order chi connectivity index (χ1) is 12.9. The van der Waals surface area contributed by atoms with Gasteiger partial charge in [-0.05, 0) is 46.4 Å². The summed E-state index contributed by atoms with van der Waals surface area (Å²) in [4.78, 5) is 7.36. The van der Waals surface area contributed by atoms with Gasteiger partial charge in [0.1, 0.15) is 5.84 Å². The molecular weight excluding hydrogens is 316 g/mol. The lowest BCUT2D eigenvalue weighted by Gasteiger charge is -2.24. The van der Waals surface area contributed by atoms with Crippen molar-refractivity contribution in [1.82, 2.24) is 4.90 Å². The Balaban J connectivity index is 1.58. The lowest BCUT2D eigenvalue weighted by atomic mass is 9.97. The molecule has 1 fully saturated rings. The summed E-state index contributed by atoms with van der Waals surface area (Å²) in [5.74, 6) is 1.14. The number of rotatable bonds is 2. The van der Waals surface area contributed by atoms with Gasteiger partial charge in [0.25, 0.3) is 0 Å². The number of benzene rings is 3. The Hall–Kier alpha value is -3.13. The van der Waals surface area contributed by atoms with Crippen LogP contribution in [0.4, 0.5) is 5.69 Å². The quantitative estimate of drug-likeness (QED) is 0.587. The first-order valence-electron chi connectivity index (χ1n) is 9.15. The summed E-state index contributed by atoms with van der Waals surface area (Å²) < 4.78 is 0. The third-order valence-corrected chi connectivity index (χ3v) is 5.19. The second-order valence-corrected chi connectivity index (χ2v) is 6.86. The van der Waals surface area contributed by atoms with Crippen LogP contribution in [0.15, 0.2) is 89.4 Å². The van der Waals surface area contributed by atoms with Crippen LogP contribution in [-0.4, -0.2) is 17.3 Å². The van der Waals surface area contributed by atoms with Crippen LogP contribution in [0.5, 0.6) is 0 Å². The van der Waals surface area contributed by atoms with Gasteiger partial charge in [-0.3, -0.25) is 0 Å². The van der Waals surface area contributed by atoms with Crippen molar-refractivity contribution >= 4 is 17.6 Å². The topological polar surface area (TPSA) is 15.6 Å². The first kappa shape index (κ1) is 15.2. The fourth-order valence-electron chi connectivity index (χ4n) is 3.87. The molecule has 0 unspecified atom stereocenters. The number of hydrogen-bond donors (Lipinski definition) is 0. The molecule has 2 heteroatoms. The third-order valence-electron chi connectivity index (χ3n) is 5.19. The summed E-state index contributed by atoms with van der Waals surface area (Å²) >= 11 is 0. The Morgan fingerprint density at radius 1 is 0.808 bits per heavy atom. The van der Waals surface area contributed by atoms with Crippen LogP contribution < -0.4 is 0 Å². The molecule has 3 aromatic rings. The van der Waals surface area contributed by atoms with E-state index in [1.165, 1.54) is 27.8 Å². The monoisotopic (exact) mass is 336 g/mol. The Morgan fingerprint density at radius 3 is 2.50 bits per heavy atom. The summed E-state index contributed by atoms with van der Waals surface area (Å²) in [7, 11) is 0. The maximum absolute atomic E-state index is 4.96. The van der Waals surface area contributed by atoms with E-state index in [1.807, 2.05) is 0 Å². The van der Waals surface area contributed by atoms with Gasteiger partial charge in [-0.1, -0.05) is 72.8 Å². The predicted molar refractivity (Wildman–Crippen MR) is 108 cm³/mol. The molecule has 0 radical (unpaired) electrons. The van der Waals surface area contributed by atoms with E-state index < -0.39 is 0 Å². The summed E-state index contributed by atoms with van der Waals surface area (Å²) in [5.41, 5.74) is 7.56. The molecule has 2 aliphatic heterocycles. The highest BCUT2D eigenvalue weighted by molar-refractivity contribution is 6.06. The summed E-state index contributed by atoms with van der Waals surface area (Å²) in [6.45, 7) is 2.01. The van der Waals surface area contributed by atoms with E-state index in [4.69, 9.17) is 4.99 Å². The highest BCUT2D eigenvalue weighted by atomic mass is 15.2. The lowest BCUT2D eigenvalue weighted by molar-refractivity contribution is 0.443. The van der Waals surface area contributed by atoms with Crippen molar-refractivity contribution in [2.24, 2.45) is 4.99 Å². The molecule has 0 aliphatic carbocycles. The number of amidine groups is 1. The van der Waals surface area contributed by atoms with Crippen molar-refractivity contribution in [3.05, 3.63) is 95.6 Å². The molecule has 0 saturated carbocycles. The Bertz CT molecular complexity index is 1020. The fourth-order valence-corrected chi connectivity index (χ4v) is 3.87. The number of para-hydroxylation sites is 1. The van der Waals surface area contributed by atoms with Gasteiger partial charge in [0, 0.05) is 13.1 Å². The normalized spacial score (nSPS) is 17.0.